The molecule has 0 fully saturated rings. The van der Waals surface area contributed by atoms with Crippen LogP contribution in [-0.2, 0) is 9.53 Å². The van der Waals surface area contributed by atoms with Crippen LogP contribution in [0.5, 0.6) is 0 Å². The van der Waals surface area contributed by atoms with Crippen LogP contribution in [0.3, 0.4) is 0 Å². The molecule has 0 spiro atoms. The highest BCUT2D eigenvalue weighted by atomic mass is 16.5. The number of rotatable bonds is 5. The number of esters is 1. The van der Waals surface area contributed by atoms with Gasteiger partial charge in [0.25, 0.3) is 0 Å². The summed E-state index contributed by atoms with van der Waals surface area (Å²) in [5.41, 5.74) is 0. The topological polar surface area (TPSA) is 29.5 Å². The first-order valence-electron chi connectivity index (χ1n) is 4.11. The van der Waals surface area contributed by atoms with Gasteiger partial charge in [0, 0.05) is 12.1 Å². The van der Waals surface area contributed by atoms with Gasteiger partial charge in [-0.25, -0.2) is 4.79 Å². The van der Waals surface area contributed by atoms with E-state index in [2.05, 4.69) is 20.4 Å². The van der Waals surface area contributed by atoms with Gasteiger partial charge >= 0.3 is 5.97 Å². The molecule has 0 aromatic rings. The zero-order chi connectivity index (χ0) is 9.56. The van der Waals surface area contributed by atoms with E-state index in [0.717, 1.165) is 6.42 Å². The molecule has 0 aromatic carbocycles. The summed E-state index contributed by atoms with van der Waals surface area (Å²) in [5, 5.41) is 0. The van der Waals surface area contributed by atoms with E-state index in [1.54, 1.807) is 0 Å². The quantitative estimate of drug-likeness (QED) is 0.356. The van der Waals surface area contributed by atoms with Crippen molar-refractivity contribution in [2.45, 2.75) is 26.3 Å². The summed E-state index contributed by atoms with van der Waals surface area (Å²) in [7, 11) is 1.92. The summed E-state index contributed by atoms with van der Waals surface area (Å²) in [6, 6.07) is 0.433. The number of carbonyl (C=O) groups is 1. The van der Waals surface area contributed by atoms with E-state index in [1.807, 2.05) is 11.9 Å². The minimum Gasteiger partial charge on any atom is -0.446 e. The van der Waals surface area contributed by atoms with Crippen LogP contribution in [0.1, 0.15) is 20.3 Å². The van der Waals surface area contributed by atoms with Gasteiger partial charge < -0.3 is 4.74 Å². The molecule has 0 bridgehead atoms. The molecule has 0 N–H and O–H groups in total. The molecule has 0 heterocycles. The van der Waals surface area contributed by atoms with Crippen molar-refractivity contribution in [3.05, 3.63) is 12.7 Å². The van der Waals surface area contributed by atoms with Crippen molar-refractivity contribution in [3.63, 3.8) is 0 Å². The van der Waals surface area contributed by atoms with Crippen molar-refractivity contribution in [3.8, 4) is 0 Å². The van der Waals surface area contributed by atoms with Crippen molar-refractivity contribution in [2.75, 3.05) is 13.8 Å². The molecule has 3 heteroatoms. The van der Waals surface area contributed by atoms with Gasteiger partial charge in [0.05, 0.1) is 0 Å². The second-order valence-corrected chi connectivity index (χ2v) is 2.81. The first kappa shape index (κ1) is 11.2. The van der Waals surface area contributed by atoms with Crippen LogP contribution in [0.4, 0.5) is 0 Å². The molecule has 0 saturated heterocycles. The van der Waals surface area contributed by atoms with E-state index >= 15 is 0 Å². The first-order valence-corrected chi connectivity index (χ1v) is 4.11. The maximum Gasteiger partial charge on any atom is 0.331 e. The number of ether oxygens (including phenoxy) is 1. The number of hydrogen-bond donors (Lipinski definition) is 0. The molecule has 0 aliphatic carbocycles. The third-order valence-corrected chi connectivity index (χ3v) is 1.92. The first-order chi connectivity index (χ1) is 5.61. The molecule has 0 aliphatic rings. The molecule has 12 heavy (non-hydrogen) atoms. The fraction of sp³-hybridized carbons (Fsp3) is 0.667. The van der Waals surface area contributed by atoms with E-state index in [9.17, 15) is 4.79 Å². The molecule has 0 radical (unpaired) electrons. The Labute approximate surface area is 74.0 Å². The van der Waals surface area contributed by atoms with Crippen LogP contribution < -0.4 is 0 Å². The smallest absolute Gasteiger partial charge is 0.331 e. The van der Waals surface area contributed by atoms with Gasteiger partial charge in [0.2, 0.25) is 0 Å². The Morgan fingerprint density at radius 2 is 2.33 bits per heavy atom. The third-order valence-electron chi connectivity index (χ3n) is 1.92. The molecule has 0 amide bonds. The zero-order valence-electron chi connectivity index (χ0n) is 8.04. The molecule has 1 atom stereocenters. The lowest BCUT2D eigenvalue weighted by Gasteiger charge is -2.22. The Hall–Kier alpha value is -0.830. The molecule has 0 rings (SSSR count). The SMILES string of the molecule is C=CC(=O)OCN(C)C(C)CC. The Balaban J connectivity index is 3.62. The van der Waals surface area contributed by atoms with Crippen LogP contribution in [0, 0.1) is 0 Å². The van der Waals surface area contributed by atoms with Crippen molar-refractivity contribution in [2.24, 2.45) is 0 Å². The minimum atomic E-state index is -0.370. The maximum absolute atomic E-state index is 10.7. The van der Waals surface area contributed by atoms with E-state index in [1.165, 1.54) is 6.08 Å². The normalized spacial score (nSPS) is 12.7. The number of nitrogens with zero attached hydrogens (tertiary/aromatic N) is 1. The van der Waals surface area contributed by atoms with Gasteiger partial charge in [-0.15, -0.1) is 0 Å². The summed E-state index contributed by atoms with van der Waals surface area (Å²) >= 11 is 0. The van der Waals surface area contributed by atoms with Crippen LogP contribution in [0.15, 0.2) is 12.7 Å². The van der Waals surface area contributed by atoms with Crippen molar-refractivity contribution >= 4 is 5.97 Å². The van der Waals surface area contributed by atoms with E-state index in [-0.39, 0.29) is 5.97 Å². The summed E-state index contributed by atoms with van der Waals surface area (Å²) in [6.45, 7) is 7.82. The van der Waals surface area contributed by atoms with Crippen molar-refractivity contribution in [1.29, 1.82) is 0 Å². The predicted octanol–water partition coefficient (Wildman–Crippen LogP) is 1.40. The lowest BCUT2D eigenvalue weighted by molar-refractivity contribution is -0.142. The van der Waals surface area contributed by atoms with Gasteiger partial charge in [-0.1, -0.05) is 13.5 Å². The standard InChI is InChI=1S/C9H17NO2/c1-5-8(3)10(4)7-12-9(11)6-2/h6,8H,2,5,7H2,1,3-4H3. The van der Waals surface area contributed by atoms with Gasteiger partial charge in [-0.05, 0) is 20.4 Å². The number of carbonyl (C=O) groups excluding carboxylic acids is 1. The molecule has 1 unspecified atom stereocenters. The van der Waals surface area contributed by atoms with Crippen LogP contribution in [-0.4, -0.2) is 30.7 Å². The summed E-state index contributed by atoms with van der Waals surface area (Å²) in [5.74, 6) is -0.370. The molecular weight excluding hydrogens is 154 g/mol. The Bertz CT molecular complexity index is 157. The average Bonchev–Trinajstić information content (AvgIpc) is 2.11. The van der Waals surface area contributed by atoms with Gasteiger partial charge in [0.15, 0.2) is 0 Å². The van der Waals surface area contributed by atoms with E-state index in [4.69, 9.17) is 4.74 Å². The predicted molar refractivity (Wildman–Crippen MR) is 48.7 cm³/mol. The summed E-state index contributed by atoms with van der Waals surface area (Å²) in [4.78, 5) is 12.6. The van der Waals surface area contributed by atoms with Crippen LogP contribution >= 0.6 is 0 Å². The highest BCUT2D eigenvalue weighted by Crippen LogP contribution is 1.99. The van der Waals surface area contributed by atoms with Gasteiger partial charge in [-0.2, -0.15) is 0 Å². The molecule has 0 saturated carbocycles. The van der Waals surface area contributed by atoms with E-state index < -0.39 is 0 Å². The van der Waals surface area contributed by atoms with Gasteiger partial charge in [-0.3, -0.25) is 4.90 Å². The molecule has 70 valence electrons. The van der Waals surface area contributed by atoms with Gasteiger partial charge in [0.1, 0.15) is 6.73 Å². The lowest BCUT2D eigenvalue weighted by Crippen LogP contribution is -2.31. The average molecular weight is 171 g/mol. The van der Waals surface area contributed by atoms with E-state index in [0.29, 0.717) is 12.8 Å². The lowest BCUT2D eigenvalue weighted by atomic mass is 10.2. The molecule has 0 aromatic heterocycles. The molecule has 0 aliphatic heterocycles. The number of hydrogen-bond acceptors (Lipinski definition) is 3. The summed E-state index contributed by atoms with van der Waals surface area (Å²) in [6.07, 6.45) is 2.21. The highest BCUT2D eigenvalue weighted by Gasteiger charge is 2.07. The monoisotopic (exact) mass is 171 g/mol. The fourth-order valence-corrected chi connectivity index (χ4v) is 0.663. The zero-order valence-corrected chi connectivity index (χ0v) is 8.04. The Morgan fingerprint density at radius 3 is 2.75 bits per heavy atom. The summed E-state index contributed by atoms with van der Waals surface area (Å²) < 4.78 is 4.84. The van der Waals surface area contributed by atoms with Crippen molar-refractivity contribution in [1.82, 2.24) is 4.90 Å². The van der Waals surface area contributed by atoms with Crippen LogP contribution in [0.2, 0.25) is 0 Å². The largest absolute Gasteiger partial charge is 0.446 e. The highest BCUT2D eigenvalue weighted by molar-refractivity contribution is 5.81. The third kappa shape index (κ3) is 4.13. The molecular formula is C9H17NO2. The maximum atomic E-state index is 10.7. The Kier molecular flexibility index (Phi) is 5.37. The Morgan fingerprint density at radius 1 is 1.75 bits per heavy atom. The second kappa shape index (κ2) is 5.77. The fourth-order valence-electron chi connectivity index (χ4n) is 0.663. The second-order valence-electron chi connectivity index (χ2n) is 2.81. The minimum absolute atomic E-state index is 0.333. The molecule has 3 nitrogen and oxygen atoms in total. The van der Waals surface area contributed by atoms with Crippen LogP contribution in [0.25, 0.3) is 0 Å². The van der Waals surface area contributed by atoms with Crippen molar-refractivity contribution < 1.29 is 9.53 Å².